The second-order valence-electron chi connectivity index (χ2n) is 8.15. The first kappa shape index (κ1) is 18.7. The third-order valence-corrected chi connectivity index (χ3v) is 5.15. The van der Waals surface area contributed by atoms with Gasteiger partial charge in [0.15, 0.2) is 11.6 Å². The van der Waals surface area contributed by atoms with Crippen molar-refractivity contribution in [2.75, 3.05) is 6.61 Å². The molecule has 4 atom stereocenters. The van der Waals surface area contributed by atoms with Crippen molar-refractivity contribution in [1.82, 2.24) is 9.97 Å². The van der Waals surface area contributed by atoms with Crippen molar-refractivity contribution < 1.29 is 24.1 Å². The highest BCUT2D eigenvalue weighted by molar-refractivity contribution is 5.27. The van der Waals surface area contributed by atoms with E-state index in [0.717, 1.165) is 11.4 Å². The SMILES string of the molecule is CC1(C)O[C@@H]([C@H](O)[C@H]2COC(C)(C)O2)[C@@H](C(c2ccc[nH]2)c2ccc[nH]2)O1. The van der Waals surface area contributed by atoms with Gasteiger partial charge in [-0.05, 0) is 52.0 Å². The Hall–Kier alpha value is -1.64. The molecule has 27 heavy (non-hydrogen) atoms. The average Bonchev–Trinajstić information content (AvgIpc) is 3.35. The van der Waals surface area contributed by atoms with Gasteiger partial charge in [0.25, 0.3) is 0 Å². The van der Waals surface area contributed by atoms with Gasteiger partial charge in [0.1, 0.15) is 24.4 Å². The summed E-state index contributed by atoms with van der Waals surface area (Å²) in [5.74, 6) is -1.68. The number of aliphatic hydroxyl groups excluding tert-OH is 1. The number of aliphatic hydroxyl groups is 1. The van der Waals surface area contributed by atoms with Crippen LogP contribution in [-0.4, -0.2) is 57.7 Å². The molecule has 0 amide bonds. The van der Waals surface area contributed by atoms with Crippen LogP contribution in [-0.2, 0) is 18.9 Å². The predicted molar refractivity (Wildman–Crippen MR) is 98.2 cm³/mol. The molecule has 7 heteroatoms. The van der Waals surface area contributed by atoms with Crippen LogP contribution in [0.25, 0.3) is 0 Å². The van der Waals surface area contributed by atoms with Crippen LogP contribution in [0.3, 0.4) is 0 Å². The Morgan fingerprint density at radius 3 is 2.00 bits per heavy atom. The summed E-state index contributed by atoms with van der Waals surface area (Å²) in [7, 11) is 0. The molecule has 2 aliphatic heterocycles. The fraction of sp³-hybridized carbons (Fsp3) is 0.600. The Morgan fingerprint density at radius 1 is 0.926 bits per heavy atom. The molecule has 148 valence electrons. The van der Waals surface area contributed by atoms with Gasteiger partial charge in [0, 0.05) is 23.8 Å². The second-order valence-corrected chi connectivity index (χ2v) is 8.15. The van der Waals surface area contributed by atoms with Gasteiger partial charge in [-0.25, -0.2) is 0 Å². The van der Waals surface area contributed by atoms with Gasteiger partial charge in [-0.3, -0.25) is 0 Å². The maximum absolute atomic E-state index is 11.1. The first-order valence-corrected chi connectivity index (χ1v) is 9.38. The van der Waals surface area contributed by atoms with Gasteiger partial charge in [-0.1, -0.05) is 0 Å². The Labute approximate surface area is 159 Å². The van der Waals surface area contributed by atoms with Crippen molar-refractivity contribution in [1.29, 1.82) is 0 Å². The van der Waals surface area contributed by atoms with Gasteiger partial charge >= 0.3 is 0 Å². The van der Waals surface area contributed by atoms with Crippen LogP contribution in [0.4, 0.5) is 0 Å². The van der Waals surface area contributed by atoms with E-state index in [1.165, 1.54) is 0 Å². The molecule has 4 rings (SSSR count). The Balaban J connectivity index is 1.66. The van der Waals surface area contributed by atoms with E-state index in [1.807, 2.05) is 64.4 Å². The highest BCUT2D eigenvalue weighted by atomic mass is 16.8. The third kappa shape index (κ3) is 3.70. The van der Waals surface area contributed by atoms with E-state index in [-0.39, 0.29) is 5.92 Å². The fourth-order valence-corrected chi connectivity index (χ4v) is 4.03. The number of hydrogen-bond donors (Lipinski definition) is 3. The average molecular weight is 376 g/mol. The van der Waals surface area contributed by atoms with E-state index in [4.69, 9.17) is 18.9 Å². The number of aromatic amines is 2. The summed E-state index contributed by atoms with van der Waals surface area (Å²) in [6.07, 6.45) is 1.44. The Kier molecular flexibility index (Phi) is 4.68. The monoisotopic (exact) mass is 376 g/mol. The Morgan fingerprint density at radius 2 is 1.52 bits per heavy atom. The molecule has 2 aliphatic rings. The van der Waals surface area contributed by atoms with Crippen LogP contribution >= 0.6 is 0 Å². The maximum atomic E-state index is 11.1. The summed E-state index contributed by atoms with van der Waals surface area (Å²) >= 11 is 0. The van der Waals surface area contributed by atoms with E-state index in [0.29, 0.717) is 6.61 Å². The molecule has 2 saturated heterocycles. The van der Waals surface area contributed by atoms with Crippen LogP contribution in [0.2, 0.25) is 0 Å². The van der Waals surface area contributed by atoms with Gasteiger partial charge < -0.3 is 34.0 Å². The summed E-state index contributed by atoms with van der Waals surface area (Å²) < 4.78 is 23.9. The molecule has 2 aromatic rings. The number of rotatable bonds is 5. The first-order chi connectivity index (χ1) is 12.8. The molecule has 7 nitrogen and oxygen atoms in total. The van der Waals surface area contributed by atoms with Crippen LogP contribution in [0.1, 0.15) is 45.0 Å². The number of nitrogens with one attached hydrogen (secondary N) is 2. The minimum Gasteiger partial charge on any atom is -0.387 e. The van der Waals surface area contributed by atoms with Gasteiger partial charge in [0.2, 0.25) is 0 Å². The lowest BCUT2D eigenvalue weighted by molar-refractivity contribution is -0.178. The molecule has 2 aromatic heterocycles. The summed E-state index contributed by atoms with van der Waals surface area (Å²) in [6, 6.07) is 7.94. The zero-order valence-corrected chi connectivity index (χ0v) is 16.1. The summed E-state index contributed by atoms with van der Waals surface area (Å²) in [4.78, 5) is 6.56. The van der Waals surface area contributed by atoms with Crippen molar-refractivity contribution >= 4 is 0 Å². The molecule has 0 aromatic carbocycles. The lowest BCUT2D eigenvalue weighted by Gasteiger charge is -2.30. The first-order valence-electron chi connectivity index (χ1n) is 9.38. The highest BCUT2D eigenvalue weighted by Crippen LogP contribution is 2.41. The van der Waals surface area contributed by atoms with Crippen molar-refractivity contribution in [2.24, 2.45) is 0 Å². The number of ether oxygens (including phenoxy) is 4. The van der Waals surface area contributed by atoms with E-state index in [1.54, 1.807) is 0 Å². The largest absolute Gasteiger partial charge is 0.387 e. The summed E-state index contributed by atoms with van der Waals surface area (Å²) in [6.45, 7) is 7.73. The molecule has 0 spiro atoms. The van der Waals surface area contributed by atoms with Crippen LogP contribution in [0, 0.1) is 0 Å². The normalized spacial score (nSPS) is 30.8. The number of H-pyrrole nitrogens is 2. The molecule has 3 N–H and O–H groups in total. The molecule has 0 unspecified atom stereocenters. The lowest BCUT2D eigenvalue weighted by atomic mass is 9.88. The van der Waals surface area contributed by atoms with Crippen LogP contribution < -0.4 is 0 Å². The molecule has 2 fully saturated rings. The number of aromatic nitrogens is 2. The van der Waals surface area contributed by atoms with Crippen molar-refractivity contribution in [3.63, 3.8) is 0 Å². The topological polar surface area (TPSA) is 88.7 Å². The molecular weight excluding hydrogens is 348 g/mol. The molecule has 0 radical (unpaired) electrons. The van der Waals surface area contributed by atoms with E-state index < -0.39 is 36.0 Å². The standard InChI is InChI=1S/C20H28N2O5/c1-19(2)24-11-14(25-19)16(23)18-17(26-20(3,4)27-18)15(12-7-5-9-21-12)13-8-6-10-22-13/h5-10,14-18,21-23H,11H2,1-4H3/t14-,16-,17-,18+/m1/s1. The van der Waals surface area contributed by atoms with Crippen molar-refractivity contribution in [3.05, 3.63) is 48.0 Å². The molecule has 0 saturated carbocycles. The minimum atomic E-state index is -0.883. The molecule has 4 heterocycles. The minimum absolute atomic E-state index is 0.147. The Bertz CT molecular complexity index is 706. The van der Waals surface area contributed by atoms with E-state index in [9.17, 15) is 5.11 Å². The maximum Gasteiger partial charge on any atom is 0.163 e. The predicted octanol–water partition coefficient (Wildman–Crippen LogP) is 2.51. The third-order valence-electron chi connectivity index (χ3n) is 5.15. The van der Waals surface area contributed by atoms with Crippen LogP contribution in [0.15, 0.2) is 36.7 Å². The second kappa shape index (κ2) is 6.76. The van der Waals surface area contributed by atoms with Crippen molar-refractivity contribution in [2.45, 2.75) is 69.6 Å². The summed E-state index contributed by atoms with van der Waals surface area (Å²) in [5, 5.41) is 11.1. The van der Waals surface area contributed by atoms with Gasteiger partial charge in [0.05, 0.1) is 12.5 Å². The van der Waals surface area contributed by atoms with Gasteiger partial charge in [-0.15, -0.1) is 0 Å². The smallest absolute Gasteiger partial charge is 0.163 e. The summed E-state index contributed by atoms with van der Waals surface area (Å²) in [5.41, 5.74) is 1.98. The lowest BCUT2D eigenvalue weighted by Crippen LogP contribution is -2.46. The molecule has 0 aliphatic carbocycles. The van der Waals surface area contributed by atoms with E-state index >= 15 is 0 Å². The highest BCUT2D eigenvalue weighted by Gasteiger charge is 2.53. The quantitative estimate of drug-likeness (QED) is 0.746. The number of hydrogen-bond acceptors (Lipinski definition) is 5. The fourth-order valence-electron chi connectivity index (χ4n) is 4.03. The molecular formula is C20H28N2O5. The van der Waals surface area contributed by atoms with Gasteiger partial charge in [-0.2, -0.15) is 0 Å². The zero-order chi connectivity index (χ0) is 19.2. The van der Waals surface area contributed by atoms with E-state index in [2.05, 4.69) is 9.97 Å². The zero-order valence-electron chi connectivity index (χ0n) is 16.1. The van der Waals surface area contributed by atoms with Crippen LogP contribution in [0.5, 0.6) is 0 Å². The molecule has 0 bridgehead atoms. The van der Waals surface area contributed by atoms with Crippen molar-refractivity contribution in [3.8, 4) is 0 Å².